The molecule has 142 valence electrons. The summed E-state index contributed by atoms with van der Waals surface area (Å²) in [6, 6.07) is 9.88. The quantitative estimate of drug-likeness (QED) is 0.497. The summed E-state index contributed by atoms with van der Waals surface area (Å²) >= 11 is 0. The first-order valence-corrected chi connectivity index (χ1v) is 8.85. The highest BCUT2D eigenvalue weighted by molar-refractivity contribution is 6.07. The van der Waals surface area contributed by atoms with Gasteiger partial charge in [-0.1, -0.05) is 12.1 Å². The largest absolute Gasteiger partial charge is 0.484 e. The Morgan fingerprint density at radius 3 is 2.46 bits per heavy atom. The summed E-state index contributed by atoms with van der Waals surface area (Å²) in [5.41, 5.74) is 3.07. The van der Waals surface area contributed by atoms with E-state index in [0.717, 1.165) is 5.56 Å². The predicted molar refractivity (Wildman–Crippen MR) is 102 cm³/mol. The van der Waals surface area contributed by atoms with E-state index in [9.17, 15) is 14.4 Å². The van der Waals surface area contributed by atoms with Crippen LogP contribution in [0.5, 0.6) is 5.75 Å². The number of ketones is 1. The topological polar surface area (TPSA) is 82.8 Å². The lowest BCUT2D eigenvalue weighted by atomic mass is 9.91. The first kappa shape index (κ1) is 18.0. The summed E-state index contributed by atoms with van der Waals surface area (Å²) < 4.78 is 16.3. The fourth-order valence-electron chi connectivity index (χ4n) is 3.65. The van der Waals surface area contributed by atoms with Crippen LogP contribution in [0.25, 0.3) is 11.0 Å². The van der Waals surface area contributed by atoms with Crippen LogP contribution in [-0.4, -0.2) is 18.9 Å². The smallest absolute Gasteiger partial charge is 0.337 e. The summed E-state index contributed by atoms with van der Waals surface area (Å²) in [7, 11) is 1.32. The third kappa shape index (κ3) is 2.87. The lowest BCUT2D eigenvalue weighted by molar-refractivity contribution is 0.0600. The Hall–Kier alpha value is -3.41. The van der Waals surface area contributed by atoms with Crippen LogP contribution in [0.3, 0.4) is 0 Å². The number of fused-ring (bicyclic) bond motifs is 3. The molecule has 1 aromatic heterocycles. The minimum Gasteiger partial charge on any atom is -0.484 e. The van der Waals surface area contributed by atoms with Crippen LogP contribution in [0.4, 0.5) is 0 Å². The van der Waals surface area contributed by atoms with Gasteiger partial charge in [-0.05, 0) is 48.7 Å². The molecule has 0 fully saturated rings. The zero-order valence-corrected chi connectivity index (χ0v) is 15.7. The average molecular weight is 378 g/mol. The van der Waals surface area contributed by atoms with Gasteiger partial charge in [-0.25, -0.2) is 9.59 Å². The van der Waals surface area contributed by atoms with Crippen molar-refractivity contribution in [1.82, 2.24) is 0 Å². The average Bonchev–Trinajstić information content (AvgIpc) is 2.66. The Labute approximate surface area is 160 Å². The Bertz CT molecular complexity index is 1170. The molecule has 0 N–H and O–H groups in total. The van der Waals surface area contributed by atoms with Crippen molar-refractivity contribution in [2.24, 2.45) is 0 Å². The number of aryl methyl sites for hydroxylation is 2. The second kappa shape index (κ2) is 6.64. The van der Waals surface area contributed by atoms with E-state index < -0.39 is 17.7 Å². The van der Waals surface area contributed by atoms with Gasteiger partial charge in [-0.15, -0.1) is 0 Å². The zero-order valence-electron chi connectivity index (χ0n) is 15.7. The molecule has 1 aliphatic rings. The van der Waals surface area contributed by atoms with Crippen molar-refractivity contribution in [3.8, 4) is 5.75 Å². The summed E-state index contributed by atoms with van der Waals surface area (Å²) in [6.07, 6.45) is -0.310. The van der Waals surface area contributed by atoms with Gasteiger partial charge in [0.05, 0.1) is 30.0 Å². The fraction of sp³-hybridized carbons (Fsp3) is 0.227. The van der Waals surface area contributed by atoms with Gasteiger partial charge in [-0.3, -0.25) is 4.79 Å². The SMILES string of the molecule is COC(=O)c1ccc([C@H]2CC(=O)c3c(C)cc4oc(=O)cc(C)c4c3O2)cc1. The predicted octanol–water partition coefficient (Wildman–Crippen LogP) is 3.90. The van der Waals surface area contributed by atoms with Crippen LogP contribution >= 0.6 is 0 Å². The number of Topliss-reactive ketones (excluding diaryl/α,β-unsaturated/α-hetero) is 1. The lowest BCUT2D eigenvalue weighted by Crippen LogP contribution is -2.22. The molecule has 1 aliphatic heterocycles. The number of hydrogen-bond donors (Lipinski definition) is 0. The van der Waals surface area contributed by atoms with Gasteiger partial charge >= 0.3 is 11.6 Å². The molecule has 0 amide bonds. The van der Waals surface area contributed by atoms with Crippen molar-refractivity contribution in [3.05, 3.63) is 74.6 Å². The van der Waals surface area contributed by atoms with Crippen molar-refractivity contribution in [3.63, 3.8) is 0 Å². The second-order valence-electron chi connectivity index (χ2n) is 6.87. The molecule has 0 saturated heterocycles. The van der Waals surface area contributed by atoms with Crippen LogP contribution in [0.15, 0.2) is 45.6 Å². The molecular formula is C22H18O6. The molecule has 0 aliphatic carbocycles. The maximum atomic E-state index is 12.9. The number of hydrogen-bond acceptors (Lipinski definition) is 6. The maximum absolute atomic E-state index is 12.9. The van der Waals surface area contributed by atoms with Crippen molar-refractivity contribution in [2.75, 3.05) is 7.11 Å². The number of rotatable bonds is 2. The minimum absolute atomic E-state index is 0.0340. The molecular weight excluding hydrogens is 360 g/mol. The highest BCUT2D eigenvalue weighted by atomic mass is 16.5. The summed E-state index contributed by atoms with van der Waals surface area (Å²) in [4.78, 5) is 36.2. The van der Waals surface area contributed by atoms with Crippen molar-refractivity contribution in [2.45, 2.75) is 26.4 Å². The van der Waals surface area contributed by atoms with Gasteiger partial charge in [0.1, 0.15) is 17.4 Å². The summed E-state index contributed by atoms with van der Waals surface area (Å²) in [5, 5.41) is 0.629. The van der Waals surface area contributed by atoms with Crippen LogP contribution in [-0.2, 0) is 4.74 Å². The Kier molecular flexibility index (Phi) is 4.26. The van der Waals surface area contributed by atoms with Crippen molar-refractivity contribution < 1.29 is 23.5 Å². The van der Waals surface area contributed by atoms with E-state index in [1.807, 2.05) is 0 Å². The number of carbonyl (C=O) groups is 2. The third-order valence-corrected chi connectivity index (χ3v) is 5.00. The molecule has 0 bridgehead atoms. The molecule has 1 atom stereocenters. The van der Waals surface area contributed by atoms with E-state index >= 15 is 0 Å². The number of ether oxygens (including phenoxy) is 2. The lowest BCUT2D eigenvalue weighted by Gasteiger charge is -2.28. The normalized spacial score (nSPS) is 15.8. The van der Waals surface area contributed by atoms with Crippen molar-refractivity contribution in [1.29, 1.82) is 0 Å². The molecule has 6 heteroatoms. The molecule has 28 heavy (non-hydrogen) atoms. The van der Waals surface area contributed by atoms with Crippen LogP contribution < -0.4 is 10.4 Å². The molecule has 0 spiro atoms. The van der Waals surface area contributed by atoms with E-state index in [4.69, 9.17) is 13.9 Å². The standard InChI is InChI=1S/C22H18O6/c1-11-8-17-20(12(2)9-18(24)27-17)21-19(11)15(23)10-16(28-21)13-4-6-14(7-5-13)22(25)26-3/h4-9,16H,10H2,1-3H3/t16-/m1/s1. The molecule has 6 nitrogen and oxygen atoms in total. The van der Waals surface area contributed by atoms with Crippen LogP contribution in [0.2, 0.25) is 0 Å². The van der Waals surface area contributed by atoms with Crippen LogP contribution in [0, 0.1) is 13.8 Å². The van der Waals surface area contributed by atoms with E-state index in [0.29, 0.717) is 39.0 Å². The zero-order chi connectivity index (χ0) is 20.0. The van der Waals surface area contributed by atoms with E-state index in [2.05, 4.69) is 0 Å². The number of carbonyl (C=O) groups excluding carboxylic acids is 2. The van der Waals surface area contributed by atoms with Gasteiger partial charge in [0.2, 0.25) is 0 Å². The number of methoxy groups -OCH3 is 1. The highest BCUT2D eigenvalue weighted by Crippen LogP contribution is 2.42. The summed E-state index contributed by atoms with van der Waals surface area (Å²) in [5.74, 6) is -0.0207. The molecule has 0 radical (unpaired) electrons. The molecule has 0 saturated carbocycles. The van der Waals surface area contributed by atoms with E-state index in [1.165, 1.54) is 13.2 Å². The Morgan fingerprint density at radius 1 is 1.07 bits per heavy atom. The molecule has 0 unspecified atom stereocenters. The number of benzene rings is 2. The van der Waals surface area contributed by atoms with Gasteiger partial charge in [0, 0.05) is 6.07 Å². The Morgan fingerprint density at radius 2 is 1.79 bits per heavy atom. The fourth-order valence-corrected chi connectivity index (χ4v) is 3.65. The maximum Gasteiger partial charge on any atom is 0.337 e. The van der Waals surface area contributed by atoms with Crippen LogP contribution in [0.1, 0.15) is 49.9 Å². The first-order valence-electron chi connectivity index (χ1n) is 8.85. The van der Waals surface area contributed by atoms with E-state index in [-0.39, 0.29) is 12.2 Å². The van der Waals surface area contributed by atoms with E-state index in [1.54, 1.807) is 44.2 Å². The molecule has 2 heterocycles. The monoisotopic (exact) mass is 378 g/mol. The summed E-state index contributed by atoms with van der Waals surface area (Å²) in [6.45, 7) is 3.59. The third-order valence-electron chi connectivity index (χ3n) is 5.00. The number of esters is 1. The Balaban J connectivity index is 1.82. The van der Waals surface area contributed by atoms with Gasteiger partial charge in [0.25, 0.3) is 0 Å². The van der Waals surface area contributed by atoms with Gasteiger partial charge < -0.3 is 13.9 Å². The highest BCUT2D eigenvalue weighted by Gasteiger charge is 2.32. The first-order chi connectivity index (χ1) is 13.4. The molecule has 2 aromatic carbocycles. The van der Waals surface area contributed by atoms with Gasteiger partial charge in [-0.2, -0.15) is 0 Å². The minimum atomic E-state index is -0.497. The van der Waals surface area contributed by atoms with Crippen molar-refractivity contribution >= 4 is 22.7 Å². The molecule has 3 aromatic rings. The second-order valence-corrected chi connectivity index (χ2v) is 6.87. The van der Waals surface area contributed by atoms with Gasteiger partial charge in [0.15, 0.2) is 5.78 Å². The molecule has 4 rings (SSSR count).